The van der Waals surface area contributed by atoms with Gasteiger partial charge < -0.3 is 4.57 Å². The molecule has 1 heterocycles. The first-order valence-electron chi connectivity index (χ1n) is 5.71. The minimum Gasteiger partial charge on any atom is -0.330 e. The normalized spacial score (nSPS) is 10.5. The summed E-state index contributed by atoms with van der Waals surface area (Å²) >= 11 is 0. The van der Waals surface area contributed by atoms with Gasteiger partial charge in [-0.2, -0.15) is 5.26 Å². The highest BCUT2D eigenvalue weighted by molar-refractivity contribution is 5.33. The molecule has 3 heteroatoms. The van der Waals surface area contributed by atoms with Gasteiger partial charge in [0.25, 0.3) is 0 Å². The van der Waals surface area contributed by atoms with Crippen molar-refractivity contribution < 1.29 is 0 Å². The van der Waals surface area contributed by atoms with Gasteiger partial charge in [-0.25, -0.2) is 4.98 Å². The highest BCUT2D eigenvalue weighted by atomic mass is 15.1. The molecule has 0 amide bonds. The second-order valence-corrected chi connectivity index (χ2v) is 4.38. The van der Waals surface area contributed by atoms with Crippen molar-refractivity contribution in [2.24, 2.45) is 0 Å². The molecule has 2 aromatic rings. The lowest BCUT2D eigenvalue weighted by Crippen LogP contribution is -2.05. The van der Waals surface area contributed by atoms with Crippen molar-refractivity contribution in [3.8, 4) is 6.07 Å². The molecule has 0 radical (unpaired) electrons. The predicted molar refractivity (Wildman–Crippen MR) is 66.6 cm³/mol. The zero-order valence-electron chi connectivity index (χ0n) is 10.1. The zero-order valence-corrected chi connectivity index (χ0v) is 10.1. The average Bonchev–Trinajstić information content (AvgIpc) is 2.77. The Morgan fingerprint density at radius 3 is 2.94 bits per heavy atom. The van der Waals surface area contributed by atoms with E-state index in [1.807, 2.05) is 36.7 Å². The van der Waals surface area contributed by atoms with Crippen LogP contribution in [0.3, 0.4) is 0 Å². The van der Waals surface area contributed by atoms with E-state index in [0.717, 1.165) is 17.9 Å². The standard InChI is InChI=1S/C14H15N3/c1-11(2)14-16-6-7-17(14)10-13-5-3-4-12(8-13)9-15/h3-8,11H,10H2,1-2H3. The number of rotatable bonds is 3. The molecule has 17 heavy (non-hydrogen) atoms. The molecule has 0 saturated carbocycles. The van der Waals surface area contributed by atoms with E-state index in [1.165, 1.54) is 0 Å². The summed E-state index contributed by atoms with van der Waals surface area (Å²) in [5, 5.41) is 8.86. The van der Waals surface area contributed by atoms with E-state index >= 15 is 0 Å². The van der Waals surface area contributed by atoms with Crippen LogP contribution in [0.4, 0.5) is 0 Å². The molecule has 1 aromatic carbocycles. The van der Waals surface area contributed by atoms with Gasteiger partial charge in [0.2, 0.25) is 0 Å². The quantitative estimate of drug-likeness (QED) is 0.806. The lowest BCUT2D eigenvalue weighted by atomic mass is 10.1. The highest BCUT2D eigenvalue weighted by Crippen LogP contribution is 2.14. The van der Waals surface area contributed by atoms with Crippen molar-refractivity contribution in [2.75, 3.05) is 0 Å². The number of benzene rings is 1. The molecule has 0 atom stereocenters. The smallest absolute Gasteiger partial charge is 0.111 e. The molecule has 3 nitrogen and oxygen atoms in total. The third kappa shape index (κ3) is 2.54. The molecule has 2 rings (SSSR count). The molecule has 0 bridgehead atoms. The summed E-state index contributed by atoms with van der Waals surface area (Å²) in [6.45, 7) is 5.03. The van der Waals surface area contributed by atoms with E-state index in [2.05, 4.69) is 29.5 Å². The van der Waals surface area contributed by atoms with Crippen LogP contribution in [-0.2, 0) is 6.54 Å². The van der Waals surface area contributed by atoms with Gasteiger partial charge in [-0.3, -0.25) is 0 Å². The van der Waals surface area contributed by atoms with Crippen LogP contribution in [-0.4, -0.2) is 9.55 Å². The maximum Gasteiger partial charge on any atom is 0.111 e. The van der Waals surface area contributed by atoms with Gasteiger partial charge in [-0.1, -0.05) is 26.0 Å². The molecule has 0 N–H and O–H groups in total. The second kappa shape index (κ2) is 4.84. The van der Waals surface area contributed by atoms with Crippen molar-refractivity contribution >= 4 is 0 Å². The zero-order chi connectivity index (χ0) is 12.3. The van der Waals surface area contributed by atoms with Crippen molar-refractivity contribution in [1.29, 1.82) is 5.26 Å². The number of hydrogen-bond donors (Lipinski definition) is 0. The van der Waals surface area contributed by atoms with E-state index in [4.69, 9.17) is 5.26 Å². The fraction of sp³-hybridized carbons (Fsp3) is 0.286. The van der Waals surface area contributed by atoms with Crippen LogP contribution in [0.25, 0.3) is 0 Å². The first kappa shape index (κ1) is 11.4. The second-order valence-electron chi connectivity index (χ2n) is 4.38. The Balaban J connectivity index is 2.26. The fourth-order valence-corrected chi connectivity index (χ4v) is 1.89. The van der Waals surface area contributed by atoms with Gasteiger partial charge in [0, 0.05) is 24.9 Å². The lowest BCUT2D eigenvalue weighted by Gasteiger charge is -2.10. The third-order valence-electron chi connectivity index (χ3n) is 2.67. The summed E-state index contributed by atoms with van der Waals surface area (Å²) in [6, 6.07) is 9.85. The van der Waals surface area contributed by atoms with Crippen molar-refractivity contribution in [1.82, 2.24) is 9.55 Å². The van der Waals surface area contributed by atoms with Gasteiger partial charge in [-0.05, 0) is 17.7 Å². The fourth-order valence-electron chi connectivity index (χ4n) is 1.89. The largest absolute Gasteiger partial charge is 0.330 e. The maximum absolute atomic E-state index is 8.86. The Morgan fingerprint density at radius 1 is 1.41 bits per heavy atom. The molecular formula is C14H15N3. The van der Waals surface area contributed by atoms with Crippen LogP contribution in [0.1, 0.15) is 36.7 Å². The maximum atomic E-state index is 8.86. The molecule has 0 unspecified atom stereocenters. The summed E-state index contributed by atoms with van der Waals surface area (Å²) in [4.78, 5) is 4.35. The van der Waals surface area contributed by atoms with E-state index in [9.17, 15) is 0 Å². The summed E-state index contributed by atoms with van der Waals surface area (Å²) < 4.78 is 2.13. The first-order chi connectivity index (χ1) is 8.20. The monoisotopic (exact) mass is 225 g/mol. The molecule has 86 valence electrons. The Hall–Kier alpha value is -2.08. The van der Waals surface area contributed by atoms with Crippen LogP contribution < -0.4 is 0 Å². The van der Waals surface area contributed by atoms with Crippen molar-refractivity contribution in [2.45, 2.75) is 26.3 Å². The van der Waals surface area contributed by atoms with E-state index in [1.54, 1.807) is 0 Å². The molecular weight excluding hydrogens is 210 g/mol. The Kier molecular flexibility index (Phi) is 3.24. The average molecular weight is 225 g/mol. The number of nitrogens with zero attached hydrogens (tertiary/aromatic N) is 3. The highest BCUT2D eigenvalue weighted by Gasteiger charge is 2.07. The van der Waals surface area contributed by atoms with E-state index in [-0.39, 0.29) is 0 Å². The lowest BCUT2D eigenvalue weighted by molar-refractivity contribution is 0.669. The number of imidazole rings is 1. The predicted octanol–water partition coefficient (Wildman–Crippen LogP) is 2.93. The van der Waals surface area contributed by atoms with Crippen LogP contribution >= 0.6 is 0 Å². The van der Waals surface area contributed by atoms with E-state index in [0.29, 0.717) is 11.5 Å². The topological polar surface area (TPSA) is 41.6 Å². The molecule has 0 aliphatic heterocycles. The number of nitriles is 1. The summed E-state index contributed by atoms with van der Waals surface area (Å²) in [6.07, 6.45) is 3.80. The van der Waals surface area contributed by atoms with Crippen LogP contribution in [0, 0.1) is 11.3 Å². The summed E-state index contributed by atoms with van der Waals surface area (Å²) in [7, 11) is 0. The number of aromatic nitrogens is 2. The molecule has 0 spiro atoms. The van der Waals surface area contributed by atoms with Crippen LogP contribution in [0.15, 0.2) is 36.7 Å². The minimum atomic E-state index is 0.407. The van der Waals surface area contributed by atoms with Crippen LogP contribution in [0.2, 0.25) is 0 Å². The summed E-state index contributed by atoms with van der Waals surface area (Å²) in [5.74, 6) is 1.48. The molecule has 0 fully saturated rings. The van der Waals surface area contributed by atoms with Gasteiger partial charge in [0.1, 0.15) is 5.82 Å². The Bertz CT molecular complexity index is 547. The SMILES string of the molecule is CC(C)c1nccn1Cc1cccc(C#N)c1. The summed E-state index contributed by atoms with van der Waals surface area (Å²) in [5.41, 5.74) is 1.83. The van der Waals surface area contributed by atoms with Crippen molar-refractivity contribution in [3.63, 3.8) is 0 Å². The molecule has 0 aliphatic rings. The van der Waals surface area contributed by atoms with E-state index < -0.39 is 0 Å². The Morgan fingerprint density at radius 2 is 2.24 bits per heavy atom. The third-order valence-corrected chi connectivity index (χ3v) is 2.67. The van der Waals surface area contributed by atoms with Gasteiger partial charge in [-0.15, -0.1) is 0 Å². The first-order valence-corrected chi connectivity index (χ1v) is 5.71. The van der Waals surface area contributed by atoms with Gasteiger partial charge in [0.15, 0.2) is 0 Å². The van der Waals surface area contributed by atoms with Gasteiger partial charge >= 0.3 is 0 Å². The molecule has 1 aromatic heterocycles. The molecule has 0 saturated heterocycles. The minimum absolute atomic E-state index is 0.407. The number of hydrogen-bond acceptors (Lipinski definition) is 2. The van der Waals surface area contributed by atoms with Crippen LogP contribution in [0.5, 0.6) is 0 Å². The Labute approximate surface area is 101 Å². The molecule has 0 aliphatic carbocycles. The van der Waals surface area contributed by atoms with Crippen molar-refractivity contribution in [3.05, 3.63) is 53.6 Å². The van der Waals surface area contributed by atoms with Gasteiger partial charge in [0.05, 0.1) is 11.6 Å².